The Labute approximate surface area is 214 Å². The number of nitrogens with one attached hydrogen (secondary N) is 2. The molecule has 2 N–H and O–H groups in total. The summed E-state index contributed by atoms with van der Waals surface area (Å²) in [6, 6.07) is 20.4. The van der Waals surface area contributed by atoms with Gasteiger partial charge in [0.05, 0.1) is 17.8 Å². The number of halogens is 2. The molecule has 35 heavy (non-hydrogen) atoms. The van der Waals surface area contributed by atoms with Crippen LogP contribution in [0.25, 0.3) is 10.1 Å². The van der Waals surface area contributed by atoms with Crippen LogP contribution in [0.4, 0.5) is 0 Å². The van der Waals surface area contributed by atoms with Gasteiger partial charge in [0.15, 0.2) is 0 Å². The molecule has 10 heteroatoms. The topological polar surface area (TPSA) is 96.9 Å². The van der Waals surface area contributed by atoms with Crippen LogP contribution >= 0.6 is 34.5 Å². The van der Waals surface area contributed by atoms with Gasteiger partial charge >= 0.3 is 5.97 Å². The maximum absolute atomic E-state index is 12.6. The van der Waals surface area contributed by atoms with Crippen LogP contribution in [0.1, 0.15) is 25.6 Å². The number of rotatable bonds is 7. The zero-order valence-electron chi connectivity index (χ0n) is 18.0. The fourth-order valence-corrected chi connectivity index (χ4v) is 4.55. The zero-order chi connectivity index (χ0) is 24.8. The number of thiophene rings is 1. The van der Waals surface area contributed by atoms with Crippen molar-refractivity contribution in [2.45, 2.75) is 0 Å². The van der Waals surface area contributed by atoms with E-state index in [1.54, 1.807) is 48.5 Å². The van der Waals surface area contributed by atoms with Crippen molar-refractivity contribution in [1.29, 1.82) is 0 Å². The molecule has 0 saturated carbocycles. The third-order valence-electron chi connectivity index (χ3n) is 4.71. The molecular formula is C25H17Cl2N3O4S. The molecule has 0 unspecified atom stereocenters. The molecule has 4 rings (SSSR count). The summed E-state index contributed by atoms with van der Waals surface area (Å²) >= 11 is 13.4. The average molecular weight is 526 g/mol. The third-order valence-corrected chi connectivity index (χ3v) is 6.62. The van der Waals surface area contributed by atoms with Crippen molar-refractivity contribution in [2.75, 3.05) is 6.54 Å². The lowest BCUT2D eigenvalue weighted by atomic mass is 10.2. The Hall–Kier alpha value is -3.72. The Bertz CT molecular complexity index is 1430. The second-order valence-corrected chi connectivity index (χ2v) is 9.05. The normalized spacial score (nSPS) is 10.9. The summed E-state index contributed by atoms with van der Waals surface area (Å²) in [7, 11) is 0. The molecule has 176 valence electrons. The number of esters is 1. The predicted octanol–water partition coefficient (Wildman–Crippen LogP) is 5.31. The Morgan fingerprint density at radius 2 is 1.74 bits per heavy atom. The molecule has 0 radical (unpaired) electrons. The van der Waals surface area contributed by atoms with Gasteiger partial charge in [-0.3, -0.25) is 9.59 Å². The molecule has 1 aromatic heterocycles. The van der Waals surface area contributed by atoms with Gasteiger partial charge in [0.1, 0.15) is 10.6 Å². The summed E-state index contributed by atoms with van der Waals surface area (Å²) in [5.41, 5.74) is 3.30. The minimum Gasteiger partial charge on any atom is -0.422 e. The van der Waals surface area contributed by atoms with Crippen LogP contribution in [0, 0.1) is 0 Å². The van der Waals surface area contributed by atoms with Gasteiger partial charge < -0.3 is 10.1 Å². The van der Waals surface area contributed by atoms with E-state index in [1.165, 1.54) is 17.6 Å². The van der Waals surface area contributed by atoms with E-state index in [-0.39, 0.29) is 6.54 Å². The van der Waals surface area contributed by atoms with E-state index in [1.807, 2.05) is 24.3 Å². The number of amides is 2. The van der Waals surface area contributed by atoms with Crippen molar-refractivity contribution < 1.29 is 19.1 Å². The predicted molar refractivity (Wildman–Crippen MR) is 138 cm³/mol. The maximum atomic E-state index is 12.6. The highest BCUT2D eigenvalue weighted by Gasteiger charge is 2.19. The van der Waals surface area contributed by atoms with Crippen LogP contribution in [0.2, 0.25) is 10.0 Å². The van der Waals surface area contributed by atoms with Gasteiger partial charge in [0, 0.05) is 20.7 Å². The molecule has 2 amide bonds. The number of benzene rings is 3. The summed E-state index contributed by atoms with van der Waals surface area (Å²) < 4.78 is 6.37. The first-order valence-corrected chi connectivity index (χ1v) is 11.8. The lowest BCUT2D eigenvalue weighted by Gasteiger charge is -2.05. The first-order valence-electron chi connectivity index (χ1n) is 10.3. The molecule has 0 bridgehead atoms. The molecule has 0 aliphatic rings. The molecule has 4 aromatic rings. The van der Waals surface area contributed by atoms with E-state index >= 15 is 0 Å². The SMILES string of the molecule is O=C(CNC(=O)c1ccc(Cl)cc1)N/N=C/c1cccc(OC(=O)c2sc3ccccc3c2Cl)c1. The van der Waals surface area contributed by atoms with Crippen molar-refractivity contribution >= 4 is 68.6 Å². The van der Waals surface area contributed by atoms with Gasteiger partial charge in [-0.2, -0.15) is 5.10 Å². The van der Waals surface area contributed by atoms with Crippen LogP contribution in [0.3, 0.4) is 0 Å². The lowest BCUT2D eigenvalue weighted by molar-refractivity contribution is -0.120. The first-order chi connectivity index (χ1) is 16.9. The summed E-state index contributed by atoms with van der Waals surface area (Å²) in [4.78, 5) is 36.9. The molecule has 0 saturated heterocycles. The fraction of sp³-hybridized carbons (Fsp3) is 0.0400. The van der Waals surface area contributed by atoms with Gasteiger partial charge in [-0.1, -0.05) is 53.5 Å². The molecule has 0 spiro atoms. The minimum atomic E-state index is -0.560. The summed E-state index contributed by atoms with van der Waals surface area (Å²) in [6.45, 7) is -0.258. The molecule has 0 aliphatic heterocycles. The largest absolute Gasteiger partial charge is 0.422 e. The van der Waals surface area contributed by atoms with Crippen molar-refractivity contribution in [2.24, 2.45) is 5.10 Å². The van der Waals surface area contributed by atoms with E-state index in [0.717, 1.165) is 10.1 Å². The monoisotopic (exact) mass is 525 g/mol. The molecule has 0 aliphatic carbocycles. The van der Waals surface area contributed by atoms with Crippen LogP contribution < -0.4 is 15.5 Å². The Morgan fingerprint density at radius 1 is 0.971 bits per heavy atom. The number of nitrogens with zero attached hydrogens (tertiary/aromatic N) is 1. The van der Waals surface area contributed by atoms with E-state index in [0.29, 0.717) is 31.8 Å². The highest BCUT2D eigenvalue weighted by molar-refractivity contribution is 7.21. The molecule has 0 atom stereocenters. The van der Waals surface area contributed by atoms with E-state index in [9.17, 15) is 14.4 Å². The average Bonchev–Trinajstić information content (AvgIpc) is 3.20. The van der Waals surface area contributed by atoms with E-state index < -0.39 is 17.8 Å². The van der Waals surface area contributed by atoms with Gasteiger partial charge in [-0.05, 0) is 48.0 Å². The van der Waals surface area contributed by atoms with Crippen LogP contribution in [-0.4, -0.2) is 30.5 Å². The number of hydrogen-bond acceptors (Lipinski definition) is 6. The highest BCUT2D eigenvalue weighted by atomic mass is 35.5. The Morgan fingerprint density at radius 3 is 2.51 bits per heavy atom. The van der Waals surface area contributed by atoms with Crippen LogP contribution in [-0.2, 0) is 4.79 Å². The summed E-state index contributed by atoms with van der Waals surface area (Å²) in [5, 5.41) is 8.03. The Balaban J connectivity index is 1.31. The second-order valence-electron chi connectivity index (χ2n) is 7.19. The van der Waals surface area contributed by atoms with E-state index in [2.05, 4.69) is 15.8 Å². The van der Waals surface area contributed by atoms with Crippen molar-refractivity contribution in [3.05, 3.63) is 98.8 Å². The number of hydrazone groups is 1. The fourth-order valence-electron chi connectivity index (χ4n) is 3.04. The number of carbonyl (C=O) groups is 3. The molecular weight excluding hydrogens is 509 g/mol. The van der Waals surface area contributed by atoms with Crippen molar-refractivity contribution in [1.82, 2.24) is 10.7 Å². The minimum absolute atomic E-state index is 0.258. The Kier molecular flexibility index (Phi) is 7.77. The van der Waals surface area contributed by atoms with Gasteiger partial charge in [0.2, 0.25) is 0 Å². The van der Waals surface area contributed by atoms with Gasteiger partial charge in [-0.15, -0.1) is 11.3 Å². The third kappa shape index (κ3) is 6.24. The summed E-state index contributed by atoms with van der Waals surface area (Å²) in [6.07, 6.45) is 1.39. The standard InChI is InChI=1S/C25H17Cl2N3O4S/c26-17-10-8-16(9-11-17)24(32)28-14-21(31)30-29-13-15-4-3-5-18(12-15)34-25(33)23-22(27)19-6-1-2-7-20(19)35-23/h1-13H,14H2,(H,28,32)(H,30,31)/b29-13+. The smallest absolute Gasteiger partial charge is 0.355 e. The summed E-state index contributed by atoms with van der Waals surface area (Å²) in [5.74, 6) is -1.18. The highest BCUT2D eigenvalue weighted by Crippen LogP contribution is 2.35. The number of hydrogen-bond donors (Lipinski definition) is 2. The molecule has 3 aromatic carbocycles. The van der Waals surface area contributed by atoms with Crippen molar-refractivity contribution in [3.8, 4) is 5.75 Å². The van der Waals surface area contributed by atoms with Gasteiger partial charge in [0.25, 0.3) is 11.8 Å². The van der Waals surface area contributed by atoms with E-state index in [4.69, 9.17) is 27.9 Å². The molecule has 7 nitrogen and oxygen atoms in total. The first kappa shape index (κ1) is 24.4. The van der Waals surface area contributed by atoms with Gasteiger partial charge in [-0.25, -0.2) is 10.2 Å². The van der Waals surface area contributed by atoms with Crippen LogP contribution in [0.15, 0.2) is 77.9 Å². The quantitative estimate of drug-likeness (QED) is 0.148. The zero-order valence-corrected chi connectivity index (χ0v) is 20.3. The van der Waals surface area contributed by atoms with Crippen LogP contribution in [0.5, 0.6) is 5.75 Å². The number of ether oxygens (including phenoxy) is 1. The van der Waals surface area contributed by atoms with Crippen molar-refractivity contribution in [3.63, 3.8) is 0 Å². The lowest BCUT2D eigenvalue weighted by Crippen LogP contribution is -2.34. The molecule has 0 fully saturated rings. The second kappa shape index (κ2) is 11.1. The molecule has 1 heterocycles. The number of carbonyl (C=O) groups excluding carboxylic acids is 3. The maximum Gasteiger partial charge on any atom is 0.355 e. The number of fused-ring (bicyclic) bond motifs is 1.